The second-order valence-electron chi connectivity index (χ2n) is 9.13. The molecule has 6 heteroatoms. The summed E-state index contributed by atoms with van der Waals surface area (Å²) >= 11 is 0. The molecule has 1 aliphatic carbocycles. The molecule has 0 radical (unpaired) electrons. The summed E-state index contributed by atoms with van der Waals surface area (Å²) in [7, 11) is 0. The average molecular weight is 470 g/mol. The maximum absolute atomic E-state index is 13.4. The van der Waals surface area contributed by atoms with Crippen LogP contribution < -0.4 is 20.3 Å². The number of hydrogen-bond acceptors (Lipinski definition) is 4. The van der Waals surface area contributed by atoms with Crippen molar-refractivity contribution < 1.29 is 14.3 Å². The van der Waals surface area contributed by atoms with Gasteiger partial charge in [-0.25, -0.2) is 0 Å². The summed E-state index contributed by atoms with van der Waals surface area (Å²) in [5, 5.41) is 6.69. The van der Waals surface area contributed by atoms with Crippen molar-refractivity contribution in [3.8, 4) is 5.75 Å². The van der Waals surface area contributed by atoms with Gasteiger partial charge in [-0.05, 0) is 68.3 Å². The van der Waals surface area contributed by atoms with Gasteiger partial charge in [0, 0.05) is 34.1 Å². The maximum atomic E-state index is 13.4. The van der Waals surface area contributed by atoms with Crippen LogP contribution in [0.3, 0.4) is 0 Å². The highest BCUT2D eigenvalue weighted by Gasteiger charge is 2.37. The Morgan fingerprint density at radius 3 is 2.51 bits per heavy atom. The van der Waals surface area contributed by atoms with Crippen LogP contribution in [-0.2, 0) is 0 Å². The third kappa shape index (κ3) is 4.87. The van der Waals surface area contributed by atoms with Gasteiger partial charge in [0.25, 0.3) is 11.8 Å². The van der Waals surface area contributed by atoms with Crippen molar-refractivity contribution in [2.24, 2.45) is 0 Å². The molecule has 1 fully saturated rings. The predicted octanol–water partition coefficient (Wildman–Crippen LogP) is 5.92. The molecule has 3 aromatic rings. The number of nitrogens with one attached hydrogen (secondary N) is 2. The van der Waals surface area contributed by atoms with Gasteiger partial charge < -0.3 is 15.4 Å². The Labute approximate surface area is 206 Å². The van der Waals surface area contributed by atoms with Gasteiger partial charge in [-0.1, -0.05) is 43.5 Å². The van der Waals surface area contributed by atoms with E-state index in [9.17, 15) is 9.59 Å². The van der Waals surface area contributed by atoms with Crippen molar-refractivity contribution in [3.63, 3.8) is 0 Å². The number of anilines is 2. The Hall–Kier alpha value is -3.80. The Balaban J connectivity index is 1.40. The zero-order valence-corrected chi connectivity index (χ0v) is 20.0. The van der Waals surface area contributed by atoms with Crippen LogP contribution in [0.2, 0.25) is 0 Å². The van der Waals surface area contributed by atoms with Crippen LogP contribution in [0.5, 0.6) is 5.75 Å². The first-order valence-electron chi connectivity index (χ1n) is 12.5. The molecule has 0 spiro atoms. The first kappa shape index (κ1) is 23.0. The largest absolute Gasteiger partial charge is 0.494 e. The van der Waals surface area contributed by atoms with Crippen LogP contribution in [-0.4, -0.2) is 24.5 Å². The molecule has 1 unspecified atom stereocenters. The lowest BCUT2D eigenvalue weighted by Crippen LogP contribution is -2.36. The fourth-order valence-corrected chi connectivity index (χ4v) is 5.02. The van der Waals surface area contributed by atoms with Crippen molar-refractivity contribution >= 4 is 23.2 Å². The Bertz CT molecular complexity index is 1200. The molecule has 180 valence electrons. The van der Waals surface area contributed by atoms with Crippen LogP contribution in [0.25, 0.3) is 0 Å². The first-order chi connectivity index (χ1) is 17.1. The highest BCUT2D eigenvalue weighted by Crippen LogP contribution is 2.38. The van der Waals surface area contributed by atoms with Gasteiger partial charge >= 0.3 is 0 Å². The van der Waals surface area contributed by atoms with Gasteiger partial charge in [-0.15, -0.1) is 0 Å². The topological polar surface area (TPSA) is 70.7 Å². The minimum atomic E-state index is -0.395. The van der Waals surface area contributed by atoms with Crippen LogP contribution >= 0.6 is 0 Å². The molecule has 2 amide bonds. The minimum Gasteiger partial charge on any atom is -0.494 e. The molecule has 1 saturated carbocycles. The lowest BCUT2D eigenvalue weighted by Gasteiger charge is -2.27. The smallest absolute Gasteiger partial charge is 0.260 e. The van der Waals surface area contributed by atoms with E-state index in [0.29, 0.717) is 17.7 Å². The van der Waals surface area contributed by atoms with E-state index < -0.39 is 6.17 Å². The SMILES string of the molecule is CCOc1ccc(N2C(=O)c3ccccc3C2Nc2cccc(C(=O)NC3CCCCC3)c2)cc1. The molecule has 0 bridgehead atoms. The summed E-state index contributed by atoms with van der Waals surface area (Å²) in [5.74, 6) is 0.655. The number of ether oxygens (including phenoxy) is 1. The highest BCUT2D eigenvalue weighted by molar-refractivity contribution is 6.11. The number of fused-ring (bicyclic) bond motifs is 1. The Morgan fingerprint density at radius 2 is 1.74 bits per heavy atom. The molecule has 1 atom stereocenters. The van der Waals surface area contributed by atoms with E-state index in [1.807, 2.05) is 79.7 Å². The zero-order chi connectivity index (χ0) is 24.2. The van der Waals surface area contributed by atoms with E-state index in [1.54, 1.807) is 4.90 Å². The third-order valence-corrected chi connectivity index (χ3v) is 6.76. The molecule has 2 N–H and O–H groups in total. The fourth-order valence-electron chi connectivity index (χ4n) is 5.02. The molecule has 0 saturated heterocycles. The Morgan fingerprint density at radius 1 is 0.971 bits per heavy atom. The molecular weight excluding hydrogens is 438 g/mol. The van der Waals surface area contributed by atoms with Gasteiger partial charge in [0.05, 0.1) is 6.61 Å². The van der Waals surface area contributed by atoms with E-state index in [1.165, 1.54) is 19.3 Å². The number of benzene rings is 3. The third-order valence-electron chi connectivity index (χ3n) is 6.76. The van der Waals surface area contributed by atoms with E-state index >= 15 is 0 Å². The van der Waals surface area contributed by atoms with Crippen molar-refractivity contribution in [2.75, 3.05) is 16.8 Å². The Kier molecular flexibility index (Phi) is 6.70. The van der Waals surface area contributed by atoms with Crippen LogP contribution in [0, 0.1) is 0 Å². The van der Waals surface area contributed by atoms with Gasteiger partial charge in [-0.3, -0.25) is 14.5 Å². The second-order valence-corrected chi connectivity index (χ2v) is 9.13. The van der Waals surface area contributed by atoms with Crippen LogP contribution in [0.1, 0.15) is 71.5 Å². The molecule has 1 heterocycles. The number of rotatable bonds is 7. The molecule has 2 aliphatic rings. The van der Waals surface area contributed by atoms with Crippen molar-refractivity contribution in [1.82, 2.24) is 5.32 Å². The van der Waals surface area contributed by atoms with Gasteiger partial charge in [-0.2, -0.15) is 0 Å². The minimum absolute atomic E-state index is 0.0492. The van der Waals surface area contributed by atoms with Crippen LogP contribution in [0.15, 0.2) is 72.8 Å². The summed E-state index contributed by atoms with van der Waals surface area (Å²) in [6, 6.07) is 23.0. The van der Waals surface area contributed by atoms with Crippen molar-refractivity contribution in [3.05, 3.63) is 89.5 Å². The van der Waals surface area contributed by atoms with Crippen molar-refractivity contribution in [1.29, 1.82) is 0 Å². The number of carbonyl (C=O) groups excluding carboxylic acids is 2. The second kappa shape index (κ2) is 10.2. The molecule has 3 aromatic carbocycles. The summed E-state index contributed by atoms with van der Waals surface area (Å²) in [4.78, 5) is 28.1. The quantitative estimate of drug-likeness (QED) is 0.451. The first-order valence-corrected chi connectivity index (χ1v) is 12.5. The molecule has 6 nitrogen and oxygen atoms in total. The normalized spacial score (nSPS) is 17.7. The number of hydrogen-bond donors (Lipinski definition) is 2. The standard InChI is InChI=1S/C29H31N3O3/c1-2-35-24-17-15-23(16-18-24)32-27(25-13-6-7-14-26(25)29(32)34)30-22-12-8-9-20(19-22)28(33)31-21-10-4-3-5-11-21/h6-9,12-19,21,27,30H,2-5,10-11H2,1H3,(H,31,33). The van der Waals surface area contributed by atoms with Gasteiger partial charge in [0.1, 0.15) is 11.9 Å². The zero-order valence-electron chi connectivity index (χ0n) is 20.0. The summed E-state index contributed by atoms with van der Waals surface area (Å²) in [6.07, 6.45) is 5.28. The monoisotopic (exact) mass is 469 g/mol. The molecule has 5 rings (SSSR count). The van der Waals surface area contributed by atoms with E-state index in [4.69, 9.17) is 4.74 Å². The maximum Gasteiger partial charge on any atom is 0.260 e. The molecular formula is C29H31N3O3. The van der Waals surface area contributed by atoms with Gasteiger partial charge in [0.15, 0.2) is 0 Å². The number of nitrogens with zero attached hydrogens (tertiary/aromatic N) is 1. The average Bonchev–Trinajstić information content (AvgIpc) is 3.17. The van der Waals surface area contributed by atoms with E-state index in [2.05, 4.69) is 10.6 Å². The fraction of sp³-hybridized carbons (Fsp3) is 0.310. The number of carbonyl (C=O) groups is 2. The number of amides is 2. The summed E-state index contributed by atoms with van der Waals surface area (Å²) in [6.45, 7) is 2.53. The van der Waals surface area contributed by atoms with Crippen LogP contribution in [0.4, 0.5) is 11.4 Å². The lowest BCUT2D eigenvalue weighted by atomic mass is 9.95. The molecule has 0 aromatic heterocycles. The van der Waals surface area contributed by atoms with E-state index in [0.717, 1.165) is 35.5 Å². The summed E-state index contributed by atoms with van der Waals surface area (Å²) in [5.41, 5.74) is 3.75. The van der Waals surface area contributed by atoms with E-state index in [-0.39, 0.29) is 17.9 Å². The van der Waals surface area contributed by atoms with Gasteiger partial charge in [0.2, 0.25) is 0 Å². The lowest BCUT2D eigenvalue weighted by molar-refractivity contribution is 0.0926. The molecule has 1 aliphatic heterocycles. The van der Waals surface area contributed by atoms with Crippen molar-refractivity contribution in [2.45, 2.75) is 51.2 Å². The summed E-state index contributed by atoms with van der Waals surface area (Å²) < 4.78 is 5.57. The highest BCUT2D eigenvalue weighted by atomic mass is 16.5. The predicted molar refractivity (Wildman–Crippen MR) is 138 cm³/mol. The molecule has 35 heavy (non-hydrogen) atoms.